The second-order valence-electron chi connectivity index (χ2n) is 6.46. The van der Waals surface area contributed by atoms with E-state index < -0.39 is 22.5 Å². The van der Waals surface area contributed by atoms with Gasteiger partial charge in [-0.25, -0.2) is 4.39 Å². The highest BCUT2D eigenvalue weighted by Gasteiger charge is 2.48. The molecular weight excluding hydrogens is 417 g/mol. The van der Waals surface area contributed by atoms with Gasteiger partial charge in [0.25, 0.3) is 0 Å². The molecule has 1 aliphatic heterocycles. The summed E-state index contributed by atoms with van der Waals surface area (Å²) < 4.78 is 14.7. The van der Waals surface area contributed by atoms with E-state index in [1.54, 1.807) is 42.5 Å². The second kappa shape index (κ2) is 7.70. The molecule has 1 aliphatic rings. The fraction of sp³-hybridized carbons (Fsp3) is 0.143. The number of ketones is 1. The molecule has 7 heteroatoms. The molecule has 3 nitrogen and oxygen atoms in total. The van der Waals surface area contributed by atoms with Crippen molar-refractivity contribution in [1.29, 1.82) is 0 Å². The van der Waals surface area contributed by atoms with Crippen LogP contribution >= 0.6 is 34.7 Å². The van der Waals surface area contributed by atoms with Crippen LogP contribution in [0.4, 0.5) is 4.39 Å². The molecule has 1 fully saturated rings. The molecular formula is C21H15ClFNO2S2. The first kappa shape index (κ1) is 19.2. The Morgan fingerprint density at radius 3 is 2.54 bits per heavy atom. The highest BCUT2D eigenvalue weighted by molar-refractivity contribution is 8.01. The Morgan fingerprint density at radius 1 is 1.11 bits per heavy atom. The number of carbonyl (C=O) groups excluding carboxylic acids is 2. The second-order valence-corrected chi connectivity index (χ2v) is 8.79. The van der Waals surface area contributed by atoms with Crippen molar-refractivity contribution in [2.75, 3.05) is 0 Å². The minimum atomic E-state index is -1.21. The minimum Gasteiger partial charge on any atom is -0.340 e. The highest BCUT2D eigenvalue weighted by Crippen LogP contribution is 2.42. The van der Waals surface area contributed by atoms with Crippen molar-refractivity contribution >= 4 is 46.4 Å². The molecule has 1 N–H and O–H groups in total. The first-order valence-electron chi connectivity index (χ1n) is 8.55. The van der Waals surface area contributed by atoms with E-state index in [4.69, 9.17) is 11.6 Å². The summed E-state index contributed by atoms with van der Waals surface area (Å²) in [7, 11) is 0. The first-order valence-corrected chi connectivity index (χ1v) is 10.7. The molecule has 0 radical (unpaired) electrons. The van der Waals surface area contributed by atoms with E-state index in [1.165, 1.54) is 17.4 Å². The van der Waals surface area contributed by atoms with Crippen LogP contribution in [0.5, 0.6) is 0 Å². The summed E-state index contributed by atoms with van der Waals surface area (Å²) in [6.07, 6.45) is -0.0292. The smallest absolute Gasteiger partial charge is 0.242 e. The van der Waals surface area contributed by atoms with Crippen molar-refractivity contribution in [3.05, 3.63) is 87.3 Å². The summed E-state index contributed by atoms with van der Waals surface area (Å²) in [5, 5.41) is 6.19. The van der Waals surface area contributed by atoms with Crippen LogP contribution in [-0.4, -0.2) is 16.9 Å². The Kier molecular flexibility index (Phi) is 5.27. The summed E-state index contributed by atoms with van der Waals surface area (Å²) in [6, 6.07) is 15.1. The Hall–Kier alpha value is -2.15. The van der Waals surface area contributed by atoms with Gasteiger partial charge in [-0.1, -0.05) is 41.9 Å². The van der Waals surface area contributed by atoms with Gasteiger partial charge in [-0.3, -0.25) is 9.59 Å². The molecule has 1 saturated heterocycles. The van der Waals surface area contributed by atoms with Gasteiger partial charge in [0.1, 0.15) is 16.6 Å². The zero-order valence-corrected chi connectivity index (χ0v) is 16.9. The van der Waals surface area contributed by atoms with Crippen LogP contribution < -0.4 is 5.32 Å². The largest absolute Gasteiger partial charge is 0.340 e. The molecule has 142 valence electrons. The molecule has 2 atom stereocenters. The Balaban J connectivity index is 1.73. The monoisotopic (exact) mass is 431 g/mol. The number of carbonyl (C=O) groups is 2. The van der Waals surface area contributed by atoms with E-state index in [9.17, 15) is 14.0 Å². The van der Waals surface area contributed by atoms with Crippen LogP contribution in [0.3, 0.4) is 0 Å². The van der Waals surface area contributed by atoms with Crippen LogP contribution in [0.15, 0.2) is 70.3 Å². The molecule has 0 bridgehead atoms. The minimum absolute atomic E-state index is 0.0292. The lowest BCUT2D eigenvalue weighted by Gasteiger charge is -2.40. The van der Waals surface area contributed by atoms with Crippen LogP contribution in [0.2, 0.25) is 5.02 Å². The van der Waals surface area contributed by atoms with Gasteiger partial charge in [-0.2, -0.15) is 11.3 Å². The van der Waals surface area contributed by atoms with Crippen LogP contribution in [0.25, 0.3) is 0 Å². The average molecular weight is 432 g/mol. The molecule has 1 amide bonds. The van der Waals surface area contributed by atoms with Crippen LogP contribution in [0.1, 0.15) is 17.5 Å². The Labute approximate surface area is 174 Å². The zero-order chi connectivity index (χ0) is 19.7. The number of amides is 1. The molecule has 4 rings (SSSR count). The van der Waals surface area contributed by atoms with Crippen LogP contribution in [-0.2, 0) is 15.1 Å². The highest BCUT2D eigenvalue weighted by atomic mass is 35.5. The maximum atomic E-state index is 14.7. The third-order valence-electron chi connectivity index (χ3n) is 4.74. The van der Waals surface area contributed by atoms with E-state index in [1.807, 2.05) is 16.8 Å². The number of benzene rings is 2. The quantitative estimate of drug-likeness (QED) is 0.589. The summed E-state index contributed by atoms with van der Waals surface area (Å²) in [5.74, 6) is -1.17. The fourth-order valence-corrected chi connectivity index (χ4v) is 5.39. The summed E-state index contributed by atoms with van der Waals surface area (Å²) >= 11 is 8.73. The standard InChI is InChI=1S/C21H15ClFNO2S2/c22-15-6-2-4-8-18(15)28-19-17(25)11-21(24-20(19)26,13-9-10-27-12-13)14-5-1-3-7-16(14)23/h1-10,12,19H,11H2,(H,24,26)/t19-,21-/m0/s1. The normalized spacial score (nSPS) is 22.1. The summed E-state index contributed by atoms with van der Waals surface area (Å²) in [4.78, 5) is 26.7. The van der Waals surface area contributed by atoms with Crippen molar-refractivity contribution in [3.63, 3.8) is 0 Å². The fourth-order valence-electron chi connectivity index (χ4n) is 3.41. The zero-order valence-electron chi connectivity index (χ0n) is 14.5. The first-order chi connectivity index (χ1) is 13.5. The molecule has 0 spiro atoms. The molecule has 2 aromatic carbocycles. The average Bonchev–Trinajstić information content (AvgIpc) is 3.21. The van der Waals surface area contributed by atoms with Gasteiger partial charge in [0, 0.05) is 16.9 Å². The van der Waals surface area contributed by atoms with Crippen molar-refractivity contribution in [3.8, 4) is 0 Å². The van der Waals surface area contributed by atoms with Crippen LogP contribution in [0, 0.1) is 5.82 Å². The number of Topliss-reactive ketones (excluding diaryl/α,β-unsaturated/α-hetero) is 1. The van der Waals surface area contributed by atoms with Crippen molar-refractivity contribution < 1.29 is 14.0 Å². The molecule has 2 heterocycles. The number of piperidine rings is 1. The number of hydrogen-bond donors (Lipinski definition) is 1. The number of thiophene rings is 1. The topological polar surface area (TPSA) is 46.2 Å². The molecule has 0 saturated carbocycles. The lowest BCUT2D eigenvalue weighted by molar-refractivity contribution is -0.132. The van der Waals surface area contributed by atoms with E-state index in [0.29, 0.717) is 15.5 Å². The van der Waals surface area contributed by atoms with Gasteiger partial charge in [-0.05, 0) is 40.6 Å². The van der Waals surface area contributed by atoms with Crippen molar-refractivity contribution in [2.45, 2.75) is 22.1 Å². The Bertz CT molecular complexity index is 1020. The molecule has 28 heavy (non-hydrogen) atoms. The third-order valence-corrected chi connectivity index (χ3v) is 7.18. The number of hydrogen-bond acceptors (Lipinski definition) is 4. The van der Waals surface area contributed by atoms with Gasteiger partial charge >= 0.3 is 0 Å². The predicted molar refractivity (Wildman–Crippen MR) is 110 cm³/mol. The van der Waals surface area contributed by atoms with E-state index in [-0.39, 0.29) is 17.8 Å². The molecule has 3 aromatic rings. The van der Waals surface area contributed by atoms with Gasteiger partial charge in [0.15, 0.2) is 5.78 Å². The van der Waals surface area contributed by atoms with Crippen molar-refractivity contribution in [2.24, 2.45) is 0 Å². The number of rotatable bonds is 4. The van der Waals surface area contributed by atoms with E-state index >= 15 is 0 Å². The van der Waals surface area contributed by atoms with Gasteiger partial charge in [-0.15, -0.1) is 11.8 Å². The number of nitrogens with one attached hydrogen (secondary N) is 1. The predicted octanol–water partition coefficient (Wildman–Crippen LogP) is 5.03. The maximum absolute atomic E-state index is 14.7. The maximum Gasteiger partial charge on any atom is 0.242 e. The number of thioether (sulfide) groups is 1. The molecule has 0 unspecified atom stereocenters. The molecule has 1 aromatic heterocycles. The van der Waals surface area contributed by atoms with Gasteiger partial charge < -0.3 is 5.32 Å². The SMILES string of the molecule is O=C1C[C@](c2ccsc2)(c2ccccc2F)NC(=O)[C@H]1Sc1ccccc1Cl. The third kappa shape index (κ3) is 3.36. The van der Waals surface area contributed by atoms with E-state index in [0.717, 1.165) is 11.8 Å². The van der Waals surface area contributed by atoms with Gasteiger partial charge in [0.2, 0.25) is 5.91 Å². The molecule has 0 aliphatic carbocycles. The van der Waals surface area contributed by atoms with Gasteiger partial charge in [0.05, 0.1) is 5.02 Å². The number of halogens is 2. The summed E-state index contributed by atoms with van der Waals surface area (Å²) in [5.41, 5.74) is -0.223. The van der Waals surface area contributed by atoms with Crippen molar-refractivity contribution in [1.82, 2.24) is 5.32 Å². The lowest BCUT2D eigenvalue weighted by Crippen LogP contribution is -2.58. The summed E-state index contributed by atoms with van der Waals surface area (Å²) in [6.45, 7) is 0. The lowest BCUT2D eigenvalue weighted by atomic mass is 9.77. The van der Waals surface area contributed by atoms with E-state index in [2.05, 4.69) is 5.32 Å². The Morgan fingerprint density at radius 2 is 1.86 bits per heavy atom.